The summed E-state index contributed by atoms with van der Waals surface area (Å²) in [6, 6.07) is 12.2. The second kappa shape index (κ2) is 6.99. The SMILES string of the molecule is CCc1nn2c(=O)c(C)c(-c3ccc(C#N)cc3)[nH]c2c1-c1ccc(F)cc1F. The maximum Gasteiger partial charge on any atom is 0.277 e. The Bertz CT molecular complexity index is 1340. The van der Waals surface area contributed by atoms with Gasteiger partial charge in [-0.1, -0.05) is 19.1 Å². The Balaban J connectivity index is 2.05. The molecular formula is C22H16F2N4O. The zero-order valence-corrected chi connectivity index (χ0v) is 15.8. The van der Waals surface area contributed by atoms with Crippen molar-refractivity contribution in [2.75, 3.05) is 0 Å². The number of H-pyrrole nitrogens is 1. The topological polar surface area (TPSA) is 74.0 Å². The van der Waals surface area contributed by atoms with E-state index < -0.39 is 11.6 Å². The van der Waals surface area contributed by atoms with E-state index in [4.69, 9.17) is 5.26 Å². The molecular weight excluding hydrogens is 374 g/mol. The van der Waals surface area contributed by atoms with Gasteiger partial charge in [0.2, 0.25) is 0 Å². The molecule has 4 aromatic rings. The average molecular weight is 390 g/mol. The predicted molar refractivity (Wildman–Crippen MR) is 105 cm³/mol. The number of halogens is 2. The number of hydrogen-bond donors (Lipinski definition) is 1. The van der Waals surface area contributed by atoms with Crippen LogP contribution in [0.3, 0.4) is 0 Å². The van der Waals surface area contributed by atoms with Crippen molar-refractivity contribution in [2.45, 2.75) is 20.3 Å². The zero-order chi connectivity index (χ0) is 20.7. The van der Waals surface area contributed by atoms with Gasteiger partial charge in [-0.3, -0.25) is 4.79 Å². The van der Waals surface area contributed by atoms with Crippen molar-refractivity contribution >= 4 is 5.65 Å². The lowest BCUT2D eigenvalue weighted by Gasteiger charge is -2.09. The van der Waals surface area contributed by atoms with Gasteiger partial charge >= 0.3 is 0 Å². The Hall–Kier alpha value is -3.79. The molecule has 0 unspecified atom stereocenters. The lowest BCUT2D eigenvalue weighted by Crippen LogP contribution is -2.19. The summed E-state index contributed by atoms with van der Waals surface area (Å²) in [6.07, 6.45) is 0.465. The second-order valence-corrected chi connectivity index (χ2v) is 6.68. The first-order valence-electron chi connectivity index (χ1n) is 9.05. The smallest absolute Gasteiger partial charge is 0.277 e. The van der Waals surface area contributed by atoms with Crippen molar-refractivity contribution in [3.63, 3.8) is 0 Å². The number of rotatable bonds is 3. The quantitative estimate of drug-likeness (QED) is 0.564. The molecule has 0 fully saturated rings. The van der Waals surface area contributed by atoms with Crippen LogP contribution in [0, 0.1) is 29.9 Å². The molecule has 1 N–H and O–H groups in total. The molecule has 7 heteroatoms. The van der Waals surface area contributed by atoms with Crippen molar-refractivity contribution in [2.24, 2.45) is 0 Å². The maximum atomic E-state index is 14.5. The Kier molecular flexibility index (Phi) is 4.47. The summed E-state index contributed by atoms with van der Waals surface area (Å²) < 4.78 is 29.2. The first-order valence-corrected chi connectivity index (χ1v) is 9.05. The van der Waals surface area contributed by atoms with Crippen LogP contribution in [0.15, 0.2) is 47.3 Å². The molecule has 2 aromatic heterocycles. The van der Waals surface area contributed by atoms with Crippen LogP contribution in [0.1, 0.15) is 23.7 Å². The normalized spacial score (nSPS) is 11.0. The highest BCUT2D eigenvalue weighted by molar-refractivity contribution is 5.82. The molecule has 0 saturated carbocycles. The van der Waals surface area contributed by atoms with Crippen LogP contribution in [0.2, 0.25) is 0 Å². The van der Waals surface area contributed by atoms with Gasteiger partial charge in [0.25, 0.3) is 5.56 Å². The third kappa shape index (κ3) is 2.99. The van der Waals surface area contributed by atoms with Gasteiger partial charge in [-0.25, -0.2) is 8.78 Å². The van der Waals surface area contributed by atoms with E-state index in [9.17, 15) is 13.6 Å². The maximum absolute atomic E-state index is 14.5. The molecule has 0 aliphatic carbocycles. The number of benzene rings is 2. The first-order chi connectivity index (χ1) is 13.9. The number of nitriles is 1. The fourth-order valence-corrected chi connectivity index (χ4v) is 3.43. The van der Waals surface area contributed by atoms with Crippen molar-refractivity contribution in [1.82, 2.24) is 14.6 Å². The zero-order valence-electron chi connectivity index (χ0n) is 15.8. The molecule has 0 saturated heterocycles. The number of aromatic amines is 1. The molecule has 144 valence electrons. The van der Waals surface area contributed by atoms with Crippen molar-refractivity contribution < 1.29 is 8.78 Å². The molecule has 0 aliphatic rings. The van der Waals surface area contributed by atoms with E-state index in [1.165, 1.54) is 16.6 Å². The summed E-state index contributed by atoms with van der Waals surface area (Å²) in [5.41, 5.74) is 3.34. The number of nitrogens with zero attached hydrogens (tertiary/aromatic N) is 3. The molecule has 0 atom stereocenters. The fourth-order valence-electron chi connectivity index (χ4n) is 3.43. The van der Waals surface area contributed by atoms with E-state index in [1.54, 1.807) is 31.2 Å². The Labute approximate surface area is 164 Å². The van der Waals surface area contributed by atoms with Gasteiger partial charge in [0.15, 0.2) is 0 Å². The van der Waals surface area contributed by atoms with Crippen molar-refractivity contribution in [3.8, 4) is 28.5 Å². The Morgan fingerprint density at radius 1 is 1.17 bits per heavy atom. The molecule has 0 radical (unpaired) electrons. The van der Waals surface area contributed by atoms with Crippen LogP contribution >= 0.6 is 0 Å². The van der Waals surface area contributed by atoms with E-state index in [0.29, 0.717) is 45.7 Å². The summed E-state index contributed by atoms with van der Waals surface area (Å²) in [7, 11) is 0. The second-order valence-electron chi connectivity index (χ2n) is 6.68. The molecule has 0 aliphatic heterocycles. The van der Waals surface area contributed by atoms with E-state index in [2.05, 4.69) is 16.2 Å². The van der Waals surface area contributed by atoms with E-state index in [0.717, 1.165) is 6.07 Å². The lowest BCUT2D eigenvalue weighted by molar-refractivity contribution is 0.585. The van der Waals surface area contributed by atoms with Gasteiger partial charge in [-0.2, -0.15) is 14.9 Å². The van der Waals surface area contributed by atoms with Gasteiger partial charge in [-0.15, -0.1) is 0 Å². The molecule has 4 rings (SSSR count). The van der Waals surface area contributed by atoms with Crippen LogP contribution < -0.4 is 5.56 Å². The summed E-state index contributed by atoms with van der Waals surface area (Å²) in [5.74, 6) is -1.40. The number of fused-ring (bicyclic) bond motifs is 1. The fraction of sp³-hybridized carbons (Fsp3) is 0.136. The summed E-state index contributed by atoms with van der Waals surface area (Å²) >= 11 is 0. The van der Waals surface area contributed by atoms with Gasteiger partial charge in [-0.05, 0) is 43.2 Å². The number of hydrogen-bond acceptors (Lipinski definition) is 3. The van der Waals surface area contributed by atoms with E-state index in [-0.39, 0.29) is 11.1 Å². The van der Waals surface area contributed by atoms with Crippen LogP contribution in [-0.4, -0.2) is 14.6 Å². The van der Waals surface area contributed by atoms with Crippen LogP contribution in [0.25, 0.3) is 28.0 Å². The minimum atomic E-state index is -0.726. The standard InChI is InChI=1S/C22H16F2N4O/c1-3-18-19(16-9-8-15(23)10-17(16)24)21-26-20(12(2)22(29)28(21)27-18)14-6-4-13(11-25)5-7-14/h4-10,26H,3H2,1-2H3. The van der Waals surface area contributed by atoms with Gasteiger partial charge in [0.05, 0.1) is 28.6 Å². The monoisotopic (exact) mass is 390 g/mol. The lowest BCUT2D eigenvalue weighted by atomic mass is 10.0. The minimum Gasteiger partial charge on any atom is -0.339 e. The minimum absolute atomic E-state index is 0.170. The summed E-state index contributed by atoms with van der Waals surface area (Å²) in [5, 5.41) is 13.4. The van der Waals surface area contributed by atoms with Crippen LogP contribution in [0.5, 0.6) is 0 Å². The van der Waals surface area contributed by atoms with Gasteiger partial charge in [0.1, 0.15) is 17.3 Å². The third-order valence-corrected chi connectivity index (χ3v) is 4.93. The summed E-state index contributed by atoms with van der Waals surface area (Å²) in [6.45, 7) is 3.53. The Morgan fingerprint density at radius 2 is 1.90 bits per heavy atom. The molecule has 0 amide bonds. The number of nitrogens with one attached hydrogen (secondary N) is 1. The van der Waals surface area contributed by atoms with Gasteiger partial charge in [0, 0.05) is 17.2 Å². The van der Waals surface area contributed by atoms with Crippen LogP contribution in [-0.2, 0) is 6.42 Å². The first kappa shape index (κ1) is 18.6. The Morgan fingerprint density at radius 3 is 2.52 bits per heavy atom. The van der Waals surface area contributed by atoms with Crippen LogP contribution in [0.4, 0.5) is 8.78 Å². The van der Waals surface area contributed by atoms with Crippen molar-refractivity contribution in [1.29, 1.82) is 5.26 Å². The predicted octanol–water partition coefficient (Wildman–Crippen LogP) is 4.38. The summed E-state index contributed by atoms with van der Waals surface area (Å²) in [4.78, 5) is 16.2. The average Bonchev–Trinajstić information content (AvgIpc) is 3.09. The molecule has 29 heavy (non-hydrogen) atoms. The highest BCUT2D eigenvalue weighted by atomic mass is 19.1. The van der Waals surface area contributed by atoms with Gasteiger partial charge < -0.3 is 4.98 Å². The third-order valence-electron chi connectivity index (χ3n) is 4.93. The molecule has 2 heterocycles. The van der Waals surface area contributed by atoms with E-state index in [1.807, 2.05) is 6.92 Å². The number of aryl methyl sites for hydroxylation is 1. The highest BCUT2D eigenvalue weighted by Gasteiger charge is 2.21. The van der Waals surface area contributed by atoms with Crippen molar-refractivity contribution in [3.05, 3.63) is 81.3 Å². The van der Waals surface area contributed by atoms with E-state index >= 15 is 0 Å². The number of aromatic nitrogens is 3. The molecule has 0 spiro atoms. The highest BCUT2D eigenvalue weighted by Crippen LogP contribution is 2.31. The molecule has 5 nitrogen and oxygen atoms in total. The largest absolute Gasteiger partial charge is 0.339 e. The molecule has 2 aromatic carbocycles. The molecule has 0 bridgehead atoms.